The van der Waals surface area contributed by atoms with Crippen molar-refractivity contribution in [2.45, 2.75) is 39.2 Å². The number of hydrogen-bond acceptors (Lipinski definition) is 4. The molecule has 0 aromatic carbocycles. The molecule has 0 saturated heterocycles. The average Bonchev–Trinajstić information content (AvgIpc) is 2.72. The highest BCUT2D eigenvalue weighted by Gasteiger charge is 2.26. The molecule has 2 rings (SSSR count). The average molecular weight is 254 g/mol. The van der Waals surface area contributed by atoms with Crippen LogP contribution in [-0.2, 0) is 0 Å². The first-order valence-corrected chi connectivity index (χ1v) is 6.89. The summed E-state index contributed by atoms with van der Waals surface area (Å²) in [4.78, 5) is 14.8. The molecule has 1 saturated carbocycles. The number of aromatic carboxylic acids is 1. The Morgan fingerprint density at radius 2 is 2.24 bits per heavy atom. The molecule has 3 unspecified atom stereocenters. The zero-order valence-corrected chi connectivity index (χ0v) is 11.0. The topological polar surface area (TPSA) is 62.2 Å². The summed E-state index contributed by atoms with van der Waals surface area (Å²) in [7, 11) is 0. The molecule has 0 amide bonds. The largest absolute Gasteiger partial charge is 0.476 e. The maximum Gasteiger partial charge on any atom is 0.357 e. The van der Waals surface area contributed by atoms with Gasteiger partial charge in [0.2, 0.25) is 0 Å². The number of rotatable bonds is 3. The summed E-state index contributed by atoms with van der Waals surface area (Å²) in [5.74, 6) is 0.516. The van der Waals surface area contributed by atoms with Gasteiger partial charge in [0.05, 0.1) is 5.51 Å². The molecule has 1 fully saturated rings. The van der Waals surface area contributed by atoms with Gasteiger partial charge in [-0.1, -0.05) is 13.8 Å². The summed E-state index contributed by atoms with van der Waals surface area (Å²) >= 11 is 1.37. The maximum absolute atomic E-state index is 10.9. The highest BCUT2D eigenvalue weighted by atomic mass is 32.1. The van der Waals surface area contributed by atoms with Crippen molar-refractivity contribution in [3.8, 4) is 0 Å². The number of carbonyl (C=O) groups is 1. The molecule has 1 aliphatic rings. The molecule has 3 atom stereocenters. The van der Waals surface area contributed by atoms with Gasteiger partial charge in [-0.2, -0.15) is 0 Å². The molecular weight excluding hydrogens is 236 g/mol. The fourth-order valence-corrected chi connectivity index (χ4v) is 3.11. The van der Waals surface area contributed by atoms with E-state index in [1.807, 2.05) is 0 Å². The standard InChI is InChI=1S/C12H18N2O2S/c1-7-3-4-9(5-8(7)2)14-11-10(12(15)16)13-6-17-11/h6-9,14H,3-5H2,1-2H3,(H,15,16). The van der Waals surface area contributed by atoms with Crippen molar-refractivity contribution >= 4 is 22.3 Å². The number of hydrogen-bond donors (Lipinski definition) is 2. The van der Waals surface area contributed by atoms with Gasteiger partial charge in [0.15, 0.2) is 5.69 Å². The minimum absolute atomic E-state index is 0.154. The van der Waals surface area contributed by atoms with Gasteiger partial charge in [-0.3, -0.25) is 0 Å². The Bertz CT molecular complexity index is 405. The van der Waals surface area contributed by atoms with Crippen LogP contribution in [0.2, 0.25) is 0 Å². The summed E-state index contributed by atoms with van der Waals surface area (Å²) in [5.41, 5.74) is 1.74. The summed E-state index contributed by atoms with van der Waals surface area (Å²) in [6.45, 7) is 4.56. The normalized spacial score (nSPS) is 28.9. The van der Waals surface area contributed by atoms with Crippen LogP contribution in [0.4, 0.5) is 5.00 Å². The van der Waals surface area contributed by atoms with Crippen LogP contribution in [-0.4, -0.2) is 22.1 Å². The highest BCUT2D eigenvalue weighted by Crippen LogP contribution is 2.32. The number of anilines is 1. The van der Waals surface area contributed by atoms with Crippen LogP contribution in [0.1, 0.15) is 43.6 Å². The molecule has 94 valence electrons. The quantitative estimate of drug-likeness (QED) is 0.870. The van der Waals surface area contributed by atoms with E-state index in [-0.39, 0.29) is 5.69 Å². The Kier molecular flexibility index (Phi) is 3.66. The molecule has 1 heterocycles. The Labute approximate surface area is 105 Å². The van der Waals surface area contributed by atoms with E-state index in [1.54, 1.807) is 5.51 Å². The molecule has 0 spiro atoms. The van der Waals surface area contributed by atoms with Gasteiger partial charge < -0.3 is 10.4 Å². The number of carboxylic acids is 1. The molecule has 1 aromatic rings. The van der Waals surface area contributed by atoms with Crippen molar-refractivity contribution < 1.29 is 9.90 Å². The maximum atomic E-state index is 10.9. The van der Waals surface area contributed by atoms with Crippen LogP contribution in [0.15, 0.2) is 5.51 Å². The van der Waals surface area contributed by atoms with Crippen molar-refractivity contribution in [1.29, 1.82) is 0 Å². The number of thiazole rings is 1. The van der Waals surface area contributed by atoms with Crippen molar-refractivity contribution in [1.82, 2.24) is 4.98 Å². The summed E-state index contributed by atoms with van der Waals surface area (Å²) in [5, 5.41) is 13.0. The van der Waals surface area contributed by atoms with Gasteiger partial charge in [0.1, 0.15) is 5.00 Å². The predicted molar refractivity (Wildman–Crippen MR) is 68.7 cm³/mol. The van der Waals surface area contributed by atoms with Gasteiger partial charge in [-0.25, -0.2) is 9.78 Å². The zero-order chi connectivity index (χ0) is 12.4. The molecule has 1 aliphatic carbocycles. The minimum atomic E-state index is -0.953. The van der Waals surface area contributed by atoms with Crippen molar-refractivity contribution in [3.05, 3.63) is 11.2 Å². The van der Waals surface area contributed by atoms with Crippen LogP contribution in [0.3, 0.4) is 0 Å². The van der Waals surface area contributed by atoms with Crippen molar-refractivity contribution in [3.63, 3.8) is 0 Å². The highest BCUT2D eigenvalue weighted by molar-refractivity contribution is 7.14. The number of carboxylic acid groups (broad SMARTS) is 1. The summed E-state index contributed by atoms with van der Waals surface area (Å²) in [6.07, 6.45) is 3.43. The first-order chi connectivity index (χ1) is 8.08. The number of nitrogens with zero attached hydrogens (tertiary/aromatic N) is 1. The molecule has 0 bridgehead atoms. The van der Waals surface area contributed by atoms with E-state index in [2.05, 4.69) is 24.1 Å². The van der Waals surface area contributed by atoms with Crippen molar-refractivity contribution in [2.75, 3.05) is 5.32 Å². The molecule has 0 aliphatic heterocycles. The lowest BCUT2D eigenvalue weighted by molar-refractivity contribution is 0.0692. The van der Waals surface area contributed by atoms with Gasteiger partial charge in [-0.05, 0) is 31.1 Å². The van der Waals surface area contributed by atoms with E-state index in [4.69, 9.17) is 5.11 Å². The van der Waals surface area contributed by atoms with E-state index < -0.39 is 5.97 Å². The van der Waals surface area contributed by atoms with Gasteiger partial charge in [0, 0.05) is 6.04 Å². The predicted octanol–water partition coefficient (Wildman–Crippen LogP) is 3.08. The summed E-state index contributed by atoms with van der Waals surface area (Å²) < 4.78 is 0. The smallest absolute Gasteiger partial charge is 0.357 e. The SMILES string of the molecule is CC1CCC(Nc2scnc2C(=O)O)CC1C. The molecule has 1 aromatic heterocycles. The van der Waals surface area contributed by atoms with Crippen LogP contribution >= 0.6 is 11.3 Å². The number of nitrogens with one attached hydrogen (secondary N) is 1. The lowest BCUT2D eigenvalue weighted by atomic mass is 9.79. The van der Waals surface area contributed by atoms with E-state index in [0.717, 1.165) is 18.8 Å². The van der Waals surface area contributed by atoms with E-state index in [1.165, 1.54) is 17.8 Å². The molecular formula is C12H18N2O2S. The lowest BCUT2D eigenvalue weighted by Gasteiger charge is -2.32. The van der Waals surface area contributed by atoms with Crippen LogP contribution in [0, 0.1) is 11.8 Å². The lowest BCUT2D eigenvalue weighted by Crippen LogP contribution is -2.30. The monoisotopic (exact) mass is 254 g/mol. The Hall–Kier alpha value is -1.10. The molecule has 5 heteroatoms. The molecule has 4 nitrogen and oxygen atoms in total. The van der Waals surface area contributed by atoms with E-state index in [9.17, 15) is 4.79 Å². The Morgan fingerprint density at radius 3 is 2.88 bits per heavy atom. The van der Waals surface area contributed by atoms with E-state index in [0.29, 0.717) is 17.0 Å². The third kappa shape index (κ3) is 2.77. The van der Waals surface area contributed by atoms with Crippen LogP contribution < -0.4 is 5.32 Å². The molecule has 17 heavy (non-hydrogen) atoms. The molecule has 0 radical (unpaired) electrons. The number of aromatic nitrogens is 1. The van der Waals surface area contributed by atoms with Gasteiger partial charge >= 0.3 is 5.97 Å². The van der Waals surface area contributed by atoms with Crippen molar-refractivity contribution in [2.24, 2.45) is 11.8 Å². The first kappa shape index (κ1) is 12.4. The zero-order valence-electron chi connectivity index (χ0n) is 10.1. The van der Waals surface area contributed by atoms with Gasteiger partial charge in [-0.15, -0.1) is 11.3 Å². The second-order valence-corrected chi connectivity index (χ2v) is 5.80. The first-order valence-electron chi connectivity index (χ1n) is 6.01. The Balaban J connectivity index is 2.01. The molecule has 2 N–H and O–H groups in total. The second-order valence-electron chi connectivity index (χ2n) is 4.94. The minimum Gasteiger partial charge on any atom is -0.476 e. The van der Waals surface area contributed by atoms with Crippen LogP contribution in [0.5, 0.6) is 0 Å². The summed E-state index contributed by atoms with van der Waals surface area (Å²) in [6, 6.07) is 0.389. The van der Waals surface area contributed by atoms with Crippen LogP contribution in [0.25, 0.3) is 0 Å². The Morgan fingerprint density at radius 1 is 1.47 bits per heavy atom. The third-order valence-electron chi connectivity index (χ3n) is 3.70. The van der Waals surface area contributed by atoms with Gasteiger partial charge in [0.25, 0.3) is 0 Å². The van der Waals surface area contributed by atoms with E-state index >= 15 is 0 Å². The second kappa shape index (κ2) is 5.04. The fourth-order valence-electron chi connectivity index (χ4n) is 2.36. The fraction of sp³-hybridized carbons (Fsp3) is 0.667. The third-order valence-corrected chi connectivity index (χ3v) is 4.46.